The van der Waals surface area contributed by atoms with E-state index in [-0.39, 0.29) is 18.5 Å². The Balaban J connectivity index is 1.59. The Morgan fingerprint density at radius 3 is 2.65 bits per heavy atom. The van der Waals surface area contributed by atoms with Gasteiger partial charge < -0.3 is 24.9 Å². The number of aromatic nitrogens is 1. The maximum atomic E-state index is 13.8. The van der Waals surface area contributed by atoms with Crippen molar-refractivity contribution in [1.82, 2.24) is 10.3 Å². The van der Waals surface area contributed by atoms with Gasteiger partial charge in [-0.2, -0.15) is 0 Å². The smallest absolute Gasteiger partial charge is 0.255 e. The number of methoxy groups -OCH3 is 1. The monoisotopic (exact) mass is 500 g/mol. The molecule has 6 nitrogen and oxygen atoms in total. The van der Waals surface area contributed by atoms with Crippen LogP contribution in [-0.2, 0) is 6.42 Å². The molecule has 190 valence electrons. The Morgan fingerprint density at radius 1 is 1.08 bits per heavy atom. The van der Waals surface area contributed by atoms with Gasteiger partial charge in [-0.15, -0.1) is 0 Å². The van der Waals surface area contributed by atoms with Gasteiger partial charge in [-0.1, -0.05) is 24.0 Å². The first-order chi connectivity index (χ1) is 17.9. The first-order valence-corrected chi connectivity index (χ1v) is 12.0. The molecule has 3 aromatic carbocycles. The number of nitrogens with one attached hydrogen (secondary N) is 2. The van der Waals surface area contributed by atoms with E-state index in [2.05, 4.69) is 22.1 Å². The SMILES string of the molecule is COc1ccccc1C#Cc1ccc(OC(C)C)c(C(=O)NC(CO)Cc2c[nH]c3ccc(F)cc23)c1. The summed E-state index contributed by atoms with van der Waals surface area (Å²) in [7, 11) is 1.59. The molecule has 0 aliphatic heterocycles. The number of hydrogen-bond donors (Lipinski definition) is 3. The summed E-state index contributed by atoms with van der Waals surface area (Å²) in [5.74, 6) is 6.51. The summed E-state index contributed by atoms with van der Waals surface area (Å²) in [6.07, 6.45) is 1.94. The number of para-hydroxylation sites is 1. The largest absolute Gasteiger partial charge is 0.495 e. The number of rotatable bonds is 8. The molecule has 1 aromatic heterocycles. The van der Waals surface area contributed by atoms with Gasteiger partial charge in [0.1, 0.15) is 17.3 Å². The van der Waals surface area contributed by atoms with Crippen LogP contribution in [0.25, 0.3) is 10.9 Å². The van der Waals surface area contributed by atoms with Gasteiger partial charge in [-0.25, -0.2) is 4.39 Å². The molecule has 0 spiro atoms. The van der Waals surface area contributed by atoms with Crippen LogP contribution in [0.15, 0.2) is 66.9 Å². The quantitative estimate of drug-likeness (QED) is 0.303. The maximum absolute atomic E-state index is 13.8. The number of carbonyl (C=O) groups is 1. The fourth-order valence-corrected chi connectivity index (χ4v) is 4.04. The Labute approximate surface area is 215 Å². The molecule has 0 saturated carbocycles. The molecule has 4 rings (SSSR count). The molecular weight excluding hydrogens is 471 g/mol. The molecule has 0 aliphatic rings. The van der Waals surface area contributed by atoms with Crippen LogP contribution < -0.4 is 14.8 Å². The molecule has 3 N–H and O–H groups in total. The van der Waals surface area contributed by atoms with E-state index in [4.69, 9.17) is 9.47 Å². The van der Waals surface area contributed by atoms with Crippen molar-refractivity contribution in [2.24, 2.45) is 0 Å². The number of fused-ring (bicyclic) bond motifs is 1. The lowest BCUT2D eigenvalue weighted by Crippen LogP contribution is -2.39. The minimum Gasteiger partial charge on any atom is -0.495 e. The van der Waals surface area contributed by atoms with E-state index in [0.717, 1.165) is 16.6 Å². The van der Waals surface area contributed by atoms with Crippen molar-refractivity contribution in [1.29, 1.82) is 0 Å². The first kappa shape index (κ1) is 25.8. The van der Waals surface area contributed by atoms with Gasteiger partial charge in [0.25, 0.3) is 5.91 Å². The topological polar surface area (TPSA) is 83.6 Å². The average Bonchev–Trinajstić information content (AvgIpc) is 3.28. The van der Waals surface area contributed by atoms with Crippen molar-refractivity contribution < 1.29 is 23.8 Å². The molecule has 0 fully saturated rings. The number of ether oxygens (including phenoxy) is 2. The third-order valence-electron chi connectivity index (χ3n) is 5.79. The van der Waals surface area contributed by atoms with E-state index in [0.29, 0.717) is 34.4 Å². The van der Waals surface area contributed by atoms with E-state index in [9.17, 15) is 14.3 Å². The number of aromatic amines is 1. The van der Waals surface area contributed by atoms with Crippen molar-refractivity contribution in [2.45, 2.75) is 32.4 Å². The van der Waals surface area contributed by atoms with Gasteiger partial charge in [-0.3, -0.25) is 4.79 Å². The van der Waals surface area contributed by atoms with Crippen molar-refractivity contribution in [3.05, 3.63) is 94.9 Å². The summed E-state index contributed by atoms with van der Waals surface area (Å²) in [6.45, 7) is 3.47. The molecule has 1 amide bonds. The normalized spacial score (nSPS) is 11.6. The molecule has 37 heavy (non-hydrogen) atoms. The van der Waals surface area contributed by atoms with Crippen LogP contribution in [-0.4, -0.2) is 41.9 Å². The molecule has 0 saturated heterocycles. The number of H-pyrrole nitrogens is 1. The van der Waals surface area contributed by atoms with Crippen LogP contribution in [0.2, 0.25) is 0 Å². The van der Waals surface area contributed by atoms with Gasteiger partial charge in [0.15, 0.2) is 0 Å². The summed E-state index contributed by atoms with van der Waals surface area (Å²) in [5, 5.41) is 13.6. The van der Waals surface area contributed by atoms with Crippen LogP contribution in [0.1, 0.15) is 40.9 Å². The maximum Gasteiger partial charge on any atom is 0.255 e. The zero-order chi connectivity index (χ0) is 26.4. The Hall–Kier alpha value is -4.28. The Kier molecular flexibility index (Phi) is 8.11. The highest BCUT2D eigenvalue weighted by Gasteiger charge is 2.20. The molecule has 1 unspecified atom stereocenters. The molecule has 0 aliphatic carbocycles. The third-order valence-corrected chi connectivity index (χ3v) is 5.79. The van der Waals surface area contributed by atoms with Gasteiger partial charge >= 0.3 is 0 Å². The fraction of sp³-hybridized carbons (Fsp3) is 0.233. The van der Waals surface area contributed by atoms with E-state index in [1.807, 2.05) is 38.1 Å². The van der Waals surface area contributed by atoms with Crippen molar-refractivity contribution in [3.8, 4) is 23.3 Å². The van der Waals surface area contributed by atoms with E-state index < -0.39 is 11.9 Å². The van der Waals surface area contributed by atoms with Crippen LogP contribution >= 0.6 is 0 Å². The van der Waals surface area contributed by atoms with Crippen molar-refractivity contribution in [3.63, 3.8) is 0 Å². The number of amides is 1. The summed E-state index contributed by atoms with van der Waals surface area (Å²) < 4.78 is 25.0. The second-order valence-electron chi connectivity index (χ2n) is 8.89. The van der Waals surface area contributed by atoms with Crippen LogP contribution in [0.5, 0.6) is 11.5 Å². The van der Waals surface area contributed by atoms with Gasteiger partial charge in [-0.05, 0) is 74.4 Å². The molecular formula is C30H29FN2O4. The lowest BCUT2D eigenvalue weighted by atomic mass is 10.0. The number of aliphatic hydroxyl groups excluding tert-OH is 1. The highest BCUT2D eigenvalue weighted by molar-refractivity contribution is 5.97. The molecule has 4 aromatic rings. The summed E-state index contributed by atoms with van der Waals surface area (Å²) in [6, 6.07) is 16.5. The molecule has 0 bridgehead atoms. The van der Waals surface area contributed by atoms with Gasteiger partial charge in [0.05, 0.1) is 37.0 Å². The zero-order valence-electron chi connectivity index (χ0n) is 21.0. The molecule has 1 atom stereocenters. The standard InChI is InChI=1S/C30H29FN2O4/c1-19(2)37-29-13-9-20(8-10-21-6-4-5-7-28(21)36-3)14-26(29)30(35)33-24(18-34)15-22-17-32-27-12-11-23(31)16-25(22)27/h4-7,9,11-14,16-17,19,24,32,34H,15,18H2,1-3H3,(H,33,35). The van der Waals surface area contributed by atoms with E-state index in [1.54, 1.807) is 37.6 Å². The highest BCUT2D eigenvalue weighted by atomic mass is 19.1. The molecule has 1 heterocycles. The molecule has 0 radical (unpaired) electrons. The fourth-order valence-electron chi connectivity index (χ4n) is 4.04. The van der Waals surface area contributed by atoms with E-state index in [1.165, 1.54) is 12.1 Å². The van der Waals surface area contributed by atoms with Crippen LogP contribution in [0, 0.1) is 17.7 Å². The second kappa shape index (κ2) is 11.6. The summed E-state index contributed by atoms with van der Waals surface area (Å²) in [5.41, 5.74) is 3.25. The van der Waals surface area contributed by atoms with E-state index >= 15 is 0 Å². The van der Waals surface area contributed by atoms with Crippen LogP contribution in [0.3, 0.4) is 0 Å². The van der Waals surface area contributed by atoms with Crippen molar-refractivity contribution in [2.75, 3.05) is 13.7 Å². The van der Waals surface area contributed by atoms with Crippen molar-refractivity contribution >= 4 is 16.8 Å². The Bertz CT molecular complexity index is 1470. The molecule has 7 heteroatoms. The number of benzene rings is 3. The minimum atomic E-state index is -0.593. The first-order valence-electron chi connectivity index (χ1n) is 12.0. The summed E-state index contributed by atoms with van der Waals surface area (Å²) in [4.78, 5) is 16.4. The van der Waals surface area contributed by atoms with Gasteiger partial charge in [0, 0.05) is 22.7 Å². The van der Waals surface area contributed by atoms with Crippen LogP contribution in [0.4, 0.5) is 4.39 Å². The number of halogens is 1. The Morgan fingerprint density at radius 2 is 1.89 bits per heavy atom. The number of aliphatic hydroxyl groups is 1. The highest BCUT2D eigenvalue weighted by Crippen LogP contribution is 2.24. The third kappa shape index (κ3) is 6.29. The predicted molar refractivity (Wildman–Crippen MR) is 141 cm³/mol. The zero-order valence-corrected chi connectivity index (χ0v) is 21.0. The summed E-state index contributed by atoms with van der Waals surface area (Å²) >= 11 is 0. The minimum absolute atomic E-state index is 0.146. The number of carbonyl (C=O) groups excluding carboxylic acids is 1. The lowest BCUT2D eigenvalue weighted by molar-refractivity contribution is 0.0910. The predicted octanol–water partition coefficient (Wildman–Crippen LogP) is 4.84. The number of hydrogen-bond acceptors (Lipinski definition) is 4. The van der Waals surface area contributed by atoms with Gasteiger partial charge in [0.2, 0.25) is 0 Å². The average molecular weight is 501 g/mol. The lowest BCUT2D eigenvalue weighted by Gasteiger charge is -2.19. The second-order valence-corrected chi connectivity index (χ2v) is 8.89.